The average molecular weight is 369 g/mol. The Labute approximate surface area is 131 Å². The van der Waals surface area contributed by atoms with Gasteiger partial charge < -0.3 is 5.11 Å². The molecule has 0 fully saturated rings. The number of aromatic hydroxyl groups is 1. The fraction of sp³-hybridized carbons (Fsp3) is 0.0714. The van der Waals surface area contributed by atoms with Gasteiger partial charge in [0, 0.05) is 4.47 Å². The lowest BCUT2D eigenvalue weighted by Gasteiger charge is -2.05. The van der Waals surface area contributed by atoms with Crippen LogP contribution in [0.1, 0.15) is 12.5 Å². The summed E-state index contributed by atoms with van der Waals surface area (Å²) in [7, 11) is -3.70. The van der Waals surface area contributed by atoms with Crippen LogP contribution in [0.5, 0.6) is 5.75 Å². The number of hydrazone groups is 1. The molecule has 2 rings (SSSR count). The van der Waals surface area contributed by atoms with Crippen LogP contribution in [-0.2, 0) is 10.0 Å². The fourth-order valence-electron chi connectivity index (χ4n) is 1.56. The maximum absolute atomic E-state index is 12.1. The molecule has 21 heavy (non-hydrogen) atoms. The minimum atomic E-state index is -3.70. The molecule has 7 heteroatoms. The number of nitrogens with zero attached hydrogens (tertiary/aromatic N) is 1. The Morgan fingerprint density at radius 2 is 1.67 bits per heavy atom. The van der Waals surface area contributed by atoms with E-state index in [2.05, 4.69) is 25.9 Å². The van der Waals surface area contributed by atoms with Crippen molar-refractivity contribution in [3.8, 4) is 5.75 Å². The summed E-state index contributed by atoms with van der Waals surface area (Å²) in [4.78, 5) is 2.32. The molecule has 2 aromatic rings. The summed E-state index contributed by atoms with van der Waals surface area (Å²) in [5.74, 6) is 0.141. The molecule has 2 N–H and O–H groups in total. The van der Waals surface area contributed by atoms with Crippen molar-refractivity contribution < 1.29 is 13.5 Å². The number of halogens is 1. The standard InChI is InChI=1S/C14H13BrN2O3S/c1-10(11-2-6-13(18)7-3-11)16-17-21(19,20)14-8-4-12(15)5-9-14/h2-9,17-18H,1H3. The third-order valence-electron chi connectivity index (χ3n) is 2.74. The van der Waals surface area contributed by atoms with E-state index in [1.54, 1.807) is 31.2 Å². The summed E-state index contributed by atoms with van der Waals surface area (Å²) in [6.07, 6.45) is 0. The predicted molar refractivity (Wildman–Crippen MR) is 84.8 cm³/mol. The Kier molecular flexibility index (Phi) is 4.64. The summed E-state index contributed by atoms with van der Waals surface area (Å²) in [6.45, 7) is 1.68. The van der Waals surface area contributed by atoms with E-state index < -0.39 is 10.0 Å². The number of hydrogen-bond acceptors (Lipinski definition) is 4. The summed E-state index contributed by atoms with van der Waals surface area (Å²) >= 11 is 3.25. The summed E-state index contributed by atoms with van der Waals surface area (Å²) in [5, 5.41) is 13.1. The van der Waals surface area contributed by atoms with Crippen LogP contribution in [0.4, 0.5) is 0 Å². The van der Waals surface area contributed by atoms with Gasteiger partial charge in [-0.25, -0.2) is 0 Å². The van der Waals surface area contributed by atoms with Gasteiger partial charge >= 0.3 is 0 Å². The second-order valence-corrected chi connectivity index (χ2v) is 6.87. The van der Waals surface area contributed by atoms with Crippen molar-refractivity contribution in [2.75, 3.05) is 0 Å². The van der Waals surface area contributed by atoms with Crippen molar-refractivity contribution in [2.45, 2.75) is 11.8 Å². The molecule has 0 aromatic heterocycles. The van der Waals surface area contributed by atoms with Crippen LogP contribution in [-0.4, -0.2) is 19.2 Å². The maximum atomic E-state index is 12.1. The van der Waals surface area contributed by atoms with Gasteiger partial charge in [0.05, 0.1) is 10.6 Å². The molecule has 0 amide bonds. The largest absolute Gasteiger partial charge is 0.508 e. The van der Waals surface area contributed by atoms with Gasteiger partial charge in [-0.05, 0) is 61.0 Å². The van der Waals surface area contributed by atoms with Crippen molar-refractivity contribution in [3.63, 3.8) is 0 Å². The molecule has 0 spiro atoms. The van der Waals surface area contributed by atoms with Crippen LogP contribution in [0.25, 0.3) is 0 Å². The van der Waals surface area contributed by atoms with Gasteiger partial charge in [0.25, 0.3) is 10.0 Å². The van der Waals surface area contributed by atoms with Crippen LogP contribution in [0.2, 0.25) is 0 Å². The highest BCUT2D eigenvalue weighted by molar-refractivity contribution is 9.10. The highest BCUT2D eigenvalue weighted by atomic mass is 79.9. The van der Waals surface area contributed by atoms with Gasteiger partial charge in [-0.1, -0.05) is 15.9 Å². The number of benzene rings is 2. The van der Waals surface area contributed by atoms with Gasteiger partial charge in [-0.3, -0.25) is 0 Å². The lowest BCUT2D eigenvalue weighted by atomic mass is 10.1. The molecule has 0 aliphatic heterocycles. The molecule has 0 bridgehead atoms. The highest BCUT2D eigenvalue weighted by Gasteiger charge is 2.12. The smallest absolute Gasteiger partial charge is 0.276 e. The summed E-state index contributed by atoms with van der Waals surface area (Å²) < 4.78 is 24.9. The second kappa shape index (κ2) is 6.28. The van der Waals surface area contributed by atoms with Gasteiger partial charge in [-0.2, -0.15) is 18.4 Å². The van der Waals surface area contributed by atoms with E-state index in [1.807, 2.05) is 0 Å². The molecular formula is C14H13BrN2O3S. The van der Waals surface area contributed by atoms with Gasteiger partial charge in [-0.15, -0.1) is 0 Å². The van der Waals surface area contributed by atoms with Crippen LogP contribution >= 0.6 is 15.9 Å². The van der Waals surface area contributed by atoms with Crippen LogP contribution in [0.3, 0.4) is 0 Å². The zero-order valence-corrected chi connectivity index (χ0v) is 13.5. The third-order valence-corrected chi connectivity index (χ3v) is 4.50. The van der Waals surface area contributed by atoms with E-state index in [9.17, 15) is 13.5 Å². The maximum Gasteiger partial charge on any atom is 0.276 e. The molecule has 0 aliphatic rings. The summed E-state index contributed by atoms with van der Waals surface area (Å²) in [5.41, 5.74) is 1.21. The first-order valence-corrected chi connectivity index (χ1v) is 8.27. The molecule has 2 aromatic carbocycles. The fourth-order valence-corrected chi connectivity index (χ4v) is 2.68. The quantitative estimate of drug-likeness (QED) is 0.643. The first-order chi connectivity index (χ1) is 9.88. The van der Waals surface area contributed by atoms with Crippen molar-refractivity contribution in [1.82, 2.24) is 4.83 Å². The number of phenols is 1. The topological polar surface area (TPSA) is 78.8 Å². The monoisotopic (exact) mass is 368 g/mol. The molecule has 0 radical (unpaired) electrons. The Bertz CT molecular complexity index is 754. The van der Waals surface area contributed by atoms with Crippen molar-refractivity contribution in [3.05, 3.63) is 58.6 Å². The van der Waals surface area contributed by atoms with E-state index in [1.165, 1.54) is 24.3 Å². The second-order valence-electron chi connectivity index (χ2n) is 4.29. The van der Waals surface area contributed by atoms with Gasteiger partial charge in [0.1, 0.15) is 5.75 Å². The number of sulfonamides is 1. The van der Waals surface area contributed by atoms with Crippen LogP contribution in [0.15, 0.2) is 63.0 Å². The van der Waals surface area contributed by atoms with Crippen LogP contribution in [0, 0.1) is 0 Å². The first kappa shape index (κ1) is 15.5. The molecule has 5 nitrogen and oxygen atoms in total. The highest BCUT2D eigenvalue weighted by Crippen LogP contribution is 2.15. The van der Waals surface area contributed by atoms with Crippen molar-refractivity contribution >= 4 is 31.7 Å². The Hall–Kier alpha value is -1.86. The Morgan fingerprint density at radius 1 is 1.10 bits per heavy atom. The zero-order valence-electron chi connectivity index (χ0n) is 11.1. The van der Waals surface area contributed by atoms with Crippen molar-refractivity contribution in [2.24, 2.45) is 5.10 Å². The Balaban J connectivity index is 2.18. The molecule has 0 atom stereocenters. The molecule has 110 valence electrons. The Morgan fingerprint density at radius 3 is 2.24 bits per heavy atom. The van der Waals surface area contributed by atoms with Crippen LogP contribution < -0.4 is 4.83 Å². The lowest BCUT2D eigenvalue weighted by molar-refractivity contribution is 0.475. The average Bonchev–Trinajstić information content (AvgIpc) is 2.46. The minimum absolute atomic E-state index is 0.132. The lowest BCUT2D eigenvalue weighted by Crippen LogP contribution is -2.19. The number of rotatable bonds is 4. The molecule has 0 saturated heterocycles. The first-order valence-electron chi connectivity index (χ1n) is 5.99. The van der Waals surface area contributed by atoms with E-state index in [0.717, 1.165) is 4.47 Å². The molecule has 0 aliphatic carbocycles. The van der Waals surface area contributed by atoms with Gasteiger partial charge in [0.15, 0.2) is 0 Å². The van der Waals surface area contributed by atoms with E-state index in [-0.39, 0.29) is 10.6 Å². The van der Waals surface area contributed by atoms with E-state index >= 15 is 0 Å². The SMILES string of the molecule is CC(=NNS(=O)(=O)c1ccc(Br)cc1)c1ccc(O)cc1. The molecule has 0 unspecified atom stereocenters. The number of nitrogens with one attached hydrogen (secondary N) is 1. The number of hydrogen-bond donors (Lipinski definition) is 2. The van der Waals surface area contributed by atoms with Gasteiger partial charge in [0.2, 0.25) is 0 Å². The molecule has 0 heterocycles. The molecule has 0 saturated carbocycles. The third kappa shape index (κ3) is 4.05. The summed E-state index contributed by atoms with van der Waals surface area (Å²) in [6, 6.07) is 12.6. The zero-order chi connectivity index (χ0) is 15.5. The van der Waals surface area contributed by atoms with E-state index in [4.69, 9.17) is 0 Å². The van der Waals surface area contributed by atoms with Crippen molar-refractivity contribution in [1.29, 1.82) is 0 Å². The molecular weight excluding hydrogens is 356 g/mol. The number of phenolic OH excluding ortho intramolecular Hbond substituents is 1. The predicted octanol–water partition coefficient (Wildman–Crippen LogP) is 2.86. The van der Waals surface area contributed by atoms with E-state index in [0.29, 0.717) is 11.3 Å². The minimum Gasteiger partial charge on any atom is -0.508 e. The normalized spacial score (nSPS) is 12.2.